The number of aromatic nitrogens is 1. The maximum absolute atomic E-state index is 10.0. The normalized spacial score (nSPS) is 10.4. The van der Waals surface area contributed by atoms with E-state index in [4.69, 9.17) is 10.5 Å². The molecule has 0 fully saturated rings. The highest BCUT2D eigenvalue weighted by atomic mass is 16.5. The Bertz CT molecular complexity index is 582. The van der Waals surface area contributed by atoms with Gasteiger partial charge in [-0.25, -0.2) is 4.98 Å². The van der Waals surface area contributed by atoms with Crippen LogP contribution in [0.5, 0.6) is 11.5 Å². The Morgan fingerprint density at radius 2 is 2.05 bits per heavy atom. The number of nitrogens with zero attached hydrogens (tertiary/aromatic N) is 1. The van der Waals surface area contributed by atoms with Gasteiger partial charge in [-0.05, 0) is 19.4 Å². The highest BCUT2D eigenvalue weighted by molar-refractivity contribution is 5.80. The molecule has 0 aliphatic heterocycles. The molecule has 1 heterocycles. The molecule has 0 atom stereocenters. The van der Waals surface area contributed by atoms with Crippen LogP contribution in [0.3, 0.4) is 0 Å². The molecule has 0 radical (unpaired) electrons. The molecular formula is C15H18N2O2. The zero-order valence-electron chi connectivity index (χ0n) is 11.2. The SMILES string of the molecule is CCCOc1cnc(N)c(C)c1-c1ccccc1O. The first kappa shape index (κ1) is 13.2. The first-order chi connectivity index (χ1) is 9.15. The summed E-state index contributed by atoms with van der Waals surface area (Å²) in [7, 11) is 0. The van der Waals surface area contributed by atoms with Crippen LogP contribution in [-0.4, -0.2) is 16.7 Å². The van der Waals surface area contributed by atoms with E-state index in [0.717, 1.165) is 17.5 Å². The molecule has 1 aromatic heterocycles. The molecule has 100 valence electrons. The zero-order valence-corrected chi connectivity index (χ0v) is 11.2. The summed E-state index contributed by atoms with van der Waals surface area (Å²) >= 11 is 0. The van der Waals surface area contributed by atoms with E-state index in [1.54, 1.807) is 18.3 Å². The van der Waals surface area contributed by atoms with Gasteiger partial charge in [-0.15, -0.1) is 0 Å². The summed E-state index contributed by atoms with van der Waals surface area (Å²) in [6.45, 7) is 4.52. The van der Waals surface area contributed by atoms with Crippen LogP contribution in [0.1, 0.15) is 18.9 Å². The van der Waals surface area contributed by atoms with Gasteiger partial charge in [0.15, 0.2) is 0 Å². The lowest BCUT2D eigenvalue weighted by molar-refractivity contribution is 0.317. The Hall–Kier alpha value is -2.23. The first-order valence-electron chi connectivity index (χ1n) is 6.31. The molecule has 4 nitrogen and oxygen atoms in total. The Morgan fingerprint density at radius 3 is 2.74 bits per heavy atom. The highest BCUT2D eigenvalue weighted by Crippen LogP contribution is 2.39. The third kappa shape index (κ3) is 2.62. The minimum Gasteiger partial charge on any atom is -0.507 e. The monoisotopic (exact) mass is 258 g/mol. The number of nitrogen functional groups attached to an aromatic ring is 1. The minimum absolute atomic E-state index is 0.206. The van der Waals surface area contributed by atoms with Gasteiger partial charge < -0.3 is 15.6 Å². The molecule has 19 heavy (non-hydrogen) atoms. The van der Waals surface area contributed by atoms with Crippen molar-refractivity contribution in [1.29, 1.82) is 0 Å². The van der Waals surface area contributed by atoms with Crippen molar-refractivity contribution in [3.05, 3.63) is 36.0 Å². The predicted octanol–water partition coefficient (Wildman–Crippen LogP) is 3.13. The topological polar surface area (TPSA) is 68.4 Å². The quantitative estimate of drug-likeness (QED) is 0.884. The number of hydrogen-bond donors (Lipinski definition) is 2. The zero-order chi connectivity index (χ0) is 13.8. The van der Waals surface area contributed by atoms with Gasteiger partial charge in [0.05, 0.1) is 12.8 Å². The summed E-state index contributed by atoms with van der Waals surface area (Å²) in [4.78, 5) is 4.12. The van der Waals surface area contributed by atoms with Crippen molar-refractivity contribution in [3.63, 3.8) is 0 Å². The molecule has 1 aromatic carbocycles. The lowest BCUT2D eigenvalue weighted by Crippen LogP contribution is -2.02. The Kier molecular flexibility index (Phi) is 3.90. The third-order valence-electron chi connectivity index (χ3n) is 2.96. The number of para-hydroxylation sites is 1. The van der Waals surface area contributed by atoms with E-state index in [0.29, 0.717) is 23.7 Å². The summed E-state index contributed by atoms with van der Waals surface area (Å²) in [6, 6.07) is 7.14. The van der Waals surface area contributed by atoms with Gasteiger partial charge in [-0.2, -0.15) is 0 Å². The summed E-state index contributed by atoms with van der Waals surface area (Å²) in [6.07, 6.45) is 2.52. The van der Waals surface area contributed by atoms with Crippen molar-refractivity contribution in [2.75, 3.05) is 12.3 Å². The van der Waals surface area contributed by atoms with E-state index in [-0.39, 0.29) is 5.75 Å². The molecule has 0 saturated carbocycles. The standard InChI is InChI=1S/C15H18N2O2/c1-3-8-19-13-9-17-15(16)10(2)14(13)11-6-4-5-7-12(11)18/h4-7,9,18H,3,8H2,1-2H3,(H2,16,17). The summed E-state index contributed by atoms with van der Waals surface area (Å²) in [5.41, 5.74) is 8.19. The Morgan fingerprint density at radius 1 is 1.32 bits per heavy atom. The van der Waals surface area contributed by atoms with E-state index in [9.17, 15) is 5.11 Å². The Labute approximate surface area is 112 Å². The number of nitrogens with two attached hydrogens (primary N) is 1. The summed E-state index contributed by atoms with van der Waals surface area (Å²) in [5, 5.41) is 10.0. The van der Waals surface area contributed by atoms with Crippen LogP contribution in [-0.2, 0) is 0 Å². The fourth-order valence-electron chi connectivity index (χ4n) is 1.94. The van der Waals surface area contributed by atoms with Crippen LogP contribution in [0.2, 0.25) is 0 Å². The molecule has 0 amide bonds. The maximum atomic E-state index is 10.0. The average molecular weight is 258 g/mol. The van der Waals surface area contributed by atoms with Crippen LogP contribution >= 0.6 is 0 Å². The van der Waals surface area contributed by atoms with Gasteiger partial charge in [0.25, 0.3) is 0 Å². The lowest BCUT2D eigenvalue weighted by Gasteiger charge is -2.15. The van der Waals surface area contributed by atoms with Crippen LogP contribution in [0, 0.1) is 6.92 Å². The number of phenolic OH excluding ortho intramolecular Hbond substituents is 1. The predicted molar refractivity (Wildman–Crippen MR) is 76.3 cm³/mol. The second kappa shape index (κ2) is 5.61. The number of anilines is 1. The van der Waals surface area contributed by atoms with Crippen LogP contribution in [0.15, 0.2) is 30.5 Å². The first-order valence-corrected chi connectivity index (χ1v) is 6.31. The highest BCUT2D eigenvalue weighted by Gasteiger charge is 2.15. The number of hydrogen-bond acceptors (Lipinski definition) is 4. The molecule has 2 aromatic rings. The number of aromatic hydroxyl groups is 1. The van der Waals surface area contributed by atoms with E-state index in [1.807, 2.05) is 26.0 Å². The number of rotatable bonds is 4. The Balaban J connectivity index is 2.59. The summed E-state index contributed by atoms with van der Waals surface area (Å²) in [5.74, 6) is 1.30. The van der Waals surface area contributed by atoms with Gasteiger partial charge >= 0.3 is 0 Å². The van der Waals surface area contributed by atoms with Crippen molar-refractivity contribution in [2.45, 2.75) is 20.3 Å². The van der Waals surface area contributed by atoms with E-state index < -0.39 is 0 Å². The van der Waals surface area contributed by atoms with E-state index in [2.05, 4.69) is 4.98 Å². The minimum atomic E-state index is 0.206. The molecule has 0 saturated heterocycles. The fraction of sp³-hybridized carbons (Fsp3) is 0.267. The van der Waals surface area contributed by atoms with Crippen molar-refractivity contribution in [2.24, 2.45) is 0 Å². The fourth-order valence-corrected chi connectivity index (χ4v) is 1.94. The van der Waals surface area contributed by atoms with Crippen LogP contribution < -0.4 is 10.5 Å². The molecule has 0 unspecified atom stereocenters. The van der Waals surface area contributed by atoms with Crippen LogP contribution in [0.25, 0.3) is 11.1 Å². The van der Waals surface area contributed by atoms with E-state index >= 15 is 0 Å². The molecule has 0 aliphatic rings. The van der Waals surface area contributed by atoms with Gasteiger partial charge in [0, 0.05) is 16.7 Å². The molecule has 4 heteroatoms. The number of pyridine rings is 1. The number of phenols is 1. The van der Waals surface area contributed by atoms with Crippen molar-refractivity contribution in [1.82, 2.24) is 4.98 Å². The van der Waals surface area contributed by atoms with Gasteiger partial charge in [0.2, 0.25) is 0 Å². The largest absolute Gasteiger partial charge is 0.507 e. The molecule has 0 spiro atoms. The molecule has 0 bridgehead atoms. The number of benzene rings is 1. The third-order valence-corrected chi connectivity index (χ3v) is 2.96. The van der Waals surface area contributed by atoms with Crippen LogP contribution in [0.4, 0.5) is 5.82 Å². The molecular weight excluding hydrogens is 240 g/mol. The van der Waals surface area contributed by atoms with Gasteiger partial charge in [-0.1, -0.05) is 25.1 Å². The smallest absolute Gasteiger partial charge is 0.145 e. The van der Waals surface area contributed by atoms with Gasteiger partial charge in [0.1, 0.15) is 17.3 Å². The average Bonchev–Trinajstić information content (AvgIpc) is 2.41. The van der Waals surface area contributed by atoms with Crippen molar-refractivity contribution in [3.8, 4) is 22.6 Å². The van der Waals surface area contributed by atoms with Crippen molar-refractivity contribution >= 4 is 5.82 Å². The molecule has 3 N–H and O–H groups in total. The lowest BCUT2D eigenvalue weighted by atomic mass is 10.00. The van der Waals surface area contributed by atoms with E-state index in [1.165, 1.54) is 0 Å². The second-order valence-electron chi connectivity index (χ2n) is 4.37. The van der Waals surface area contributed by atoms with Crippen molar-refractivity contribution < 1.29 is 9.84 Å². The van der Waals surface area contributed by atoms with Gasteiger partial charge in [-0.3, -0.25) is 0 Å². The molecule has 0 aliphatic carbocycles. The second-order valence-corrected chi connectivity index (χ2v) is 4.37. The molecule has 2 rings (SSSR count). The summed E-state index contributed by atoms with van der Waals surface area (Å²) < 4.78 is 5.70. The number of ether oxygens (including phenoxy) is 1. The maximum Gasteiger partial charge on any atom is 0.145 e.